The fraction of sp³-hybridized carbons (Fsp3) is 0.185. The summed E-state index contributed by atoms with van der Waals surface area (Å²) in [6.07, 6.45) is 6.68. The van der Waals surface area contributed by atoms with Gasteiger partial charge in [0.1, 0.15) is 10.6 Å². The second-order valence-corrected chi connectivity index (χ2v) is 9.99. The molecule has 2 heterocycles. The van der Waals surface area contributed by atoms with Crippen molar-refractivity contribution in [1.82, 2.24) is 14.8 Å². The van der Waals surface area contributed by atoms with E-state index in [4.69, 9.17) is 0 Å². The highest BCUT2D eigenvalue weighted by molar-refractivity contribution is 7.93. The Labute approximate surface area is 215 Å². The number of hydrogen-bond acceptors (Lipinski definition) is 6. The van der Waals surface area contributed by atoms with Crippen LogP contribution in [-0.4, -0.2) is 67.9 Å². The summed E-state index contributed by atoms with van der Waals surface area (Å²) in [5.74, 6) is -0.412. The van der Waals surface area contributed by atoms with Gasteiger partial charge in [-0.15, -0.1) is 0 Å². The van der Waals surface area contributed by atoms with Crippen LogP contribution < -0.4 is 4.72 Å². The molecule has 1 N–H and O–H groups in total. The largest absolute Gasteiger partial charge is 0.335 e. The first kappa shape index (κ1) is 25.8. The molecule has 37 heavy (non-hydrogen) atoms. The van der Waals surface area contributed by atoms with E-state index in [9.17, 15) is 18.0 Å². The number of carbonyl (C=O) groups excluding carboxylic acids is 2. The molecular formula is C27H27N5O4S. The third kappa shape index (κ3) is 5.75. The van der Waals surface area contributed by atoms with Crippen molar-refractivity contribution in [3.63, 3.8) is 0 Å². The van der Waals surface area contributed by atoms with E-state index in [1.807, 2.05) is 6.92 Å². The van der Waals surface area contributed by atoms with Gasteiger partial charge in [0.05, 0.1) is 5.52 Å². The molecule has 0 aliphatic carbocycles. The third-order valence-electron chi connectivity index (χ3n) is 5.96. The van der Waals surface area contributed by atoms with E-state index in [0.29, 0.717) is 42.9 Å². The molecule has 0 bridgehead atoms. The van der Waals surface area contributed by atoms with Crippen molar-refractivity contribution in [3.8, 4) is 0 Å². The van der Waals surface area contributed by atoms with Gasteiger partial charge >= 0.3 is 0 Å². The fourth-order valence-electron chi connectivity index (χ4n) is 4.02. The predicted molar refractivity (Wildman–Crippen MR) is 144 cm³/mol. The van der Waals surface area contributed by atoms with Crippen LogP contribution in [0.25, 0.3) is 10.9 Å². The molecule has 0 spiro atoms. The Morgan fingerprint density at radius 2 is 1.68 bits per heavy atom. The van der Waals surface area contributed by atoms with Gasteiger partial charge in [0.15, 0.2) is 0 Å². The number of rotatable bonds is 7. The molecule has 4 rings (SSSR count). The van der Waals surface area contributed by atoms with Crippen LogP contribution in [0, 0.1) is 0 Å². The molecule has 2 amide bonds. The Morgan fingerprint density at radius 3 is 2.35 bits per heavy atom. The number of nitrogens with zero attached hydrogens (tertiary/aromatic N) is 4. The lowest BCUT2D eigenvalue weighted by Gasteiger charge is -2.34. The third-order valence-corrected chi connectivity index (χ3v) is 7.37. The Balaban J connectivity index is 1.40. The van der Waals surface area contributed by atoms with Gasteiger partial charge < -0.3 is 9.80 Å². The van der Waals surface area contributed by atoms with Crippen molar-refractivity contribution in [2.75, 3.05) is 30.9 Å². The maximum atomic E-state index is 13.0. The molecule has 2 aromatic carbocycles. The number of benzene rings is 2. The van der Waals surface area contributed by atoms with E-state index in [1.54, 1.807) is 82.8 Å². The minimum Gasteiger partial charge on any atom is -0.335 e. The lowest BCUT2D eigenvalue weighted by Crippen LogP contribution is -2.50. The van der Waals surface area contributed by atoms with Crippen molar-refractivity contribution in [2.45, 2.75) is 11.8 Å². The van der Waals surface area contributed by atoms with E-state index < -0.39 is 10.0 Å². The number of carbonyl (C=O) groups is 2. The number of hydrogen-bond donors (Lipinski definition) is 1. The quantitative estimate of drug-likeness (QED) is 0.293. The van der Waals surface area contributed by atoms with Crippen LogP contribution in [0.15, 0.2) is 94.6 Å². The monoisotopic (exact) mass is 517 g/mol. The Morgan fingerprint density at radius 1 is 1.00 bits per heavy atom. The molecule has 1 saturated heterocycles. The molecule has 1 aliphatic rings. The number of para-hydroxylation sites is 1. The summed E-state index contributed by atoms with van der Waals surface area (Å²) in [5, 5.41) is 0.721. The number of pyridine rings is 1. The van der Waals surface area contributed by atoms with Crippen LogP contribution in [0.3, 0.4) is 0 Å². The zero-order valence-corrected chi connectivity index (χ0v) is 21.2. The lowest BCUT2D eigenvalue weighted by atomic mass is 10.1. The Kier molecular flexibility index (Phi) is 7.78. The molecule has 0 atom stereocenters. The predicted octanol–water partition coefficient (Wildman–Crippen LogP) is 3.48. The van der Waals surface area contributed by atoms with Gasteiger partial charge in [0.2, 0.25) is 0 Å². The van der Waals surface area contributed by atoms with Gasteiger partial charge in [-0.05, 0) is 56.1 Å². The summed E-state index contributed by atoms with van der Waals surface area (Å²) in [6.45, 7) is 6.82. The maximum absolute atomic E-state index is 13.0. The van der Waals surface area contributed by atoms with E-state index in [2.05, 4.69) is 21.4 Å². The van der Waals surface area contributed by atoms with Crippen LogP contribution in [0.5, 0.6) is 0 Å². The molecule has 190 valence electrons. The maximum Gasteiger partial charge on any atom is 0.272 e. The molecule has 0 saturated carbocycles. The van der Waals surface area contributed by atoms with Gasteiger partial charge in [-0.25, -0.2) is 8.42 Å². The minimum atomic E-state index is -3.89. The molecule has 3 aromatic rings. The summed E-state index contributed by atoms with van der Waals surface area (Å²) >= 11 is 0. The fourth-order valence-corrected chi connectivity index (χ4v) is 5.26. The molecule has 1 fully saturated rings. The highest BCUT2D eigenvalue weighted by atomic mass is 32.2. The second kappa shape index (κ2) is 11.2. The molecule has 1 aromatic heterocycles. The summed E-state index contributed by atoms with van der Waals surface area (Å²) in [4.78, 5) is 37.0. The number of amides is 2. The first-order valence-electron chi connectivity index (χ1n) is 11.7. The molecular weight excluding hydrogens is 490 g/mol. The summed E-state index contributed by atoms with van der Waals surface area (Å²) in [7, 11) is -3.89. The summed E-state index contributed by atoms with van der Waals surface area (Å²) < 4.78 is 28.6. The van der Waals surface area contributed by atoms with Gasteiger partial charge in [-0.2, -0.15) is 0 Å². The zero-order valence-electron chi connectivity index (χ0n) is 20.4. The SMILES string of the molecule is C=N/C(=C\C=C/C)C(=O)N1CCN(C(=O)c2ccc(NS(=O)(=O)c3cccc4cccnc34)cc2)CC1. The first-order chi connectivity index (χ1) is 17.8. The van der Waals surface area contributed by atoms with Crippen LogP contribution in [-0.2, 0) is 14.8 Å². The standard InChI is InChI=1S/C27H27N5O4S/c1-3-4-9-23(28-2)27(34)32-18-16-31(17-19-32)26(33)21-11-13-22(14-12-21)30-37(35,36)24-10-5-7-20-8-6-15-29-25(20)24/h3-15,30H,2,16-19H2,1H3/b4-3-,23-9-. The number of piperazine rings is 1. The number of fused-ring (bicyclic) bond motifs is 1. The molecule has 9 nitrogen and oxygen atoms in total. The molecule has 0 radical (unpaired) electrons. The average molecular weight is 518 g/mol. The highest BCUT2D eigenvalue weighted by Crippen LogP contribution is 2.23. The number of aromatic nitrogens is 1. The van der Waals surface area contributed by atoms with E-state index in [-0.39, 0.29) is 22.4 Å². The topological polar surface area (TPSA) is 112 Å². The van der Waals surface area contributed by atoms with Gasteiger partial charge in [-0.1, -0.05) is 30.4 Å². The van der Waals surface area contributed by atoms with Crippen molar-refractivity contribution >= 4 is 45.1 Å². The lowest BCUT2D eigenvalue weighted by molar-refractivity contribution is -0.128. The second-order valence-electron chi connectivity index (χ2n) is 8.33. The number of allylic oxidation sites excluding steroid dienone is 3. The smallest absolute Gasteiger partial charge is 0.272 e. The van der Waals surface area contributed by atoms with E-state index in [1.165, 1.54) is 6.07 Å². The highest BCUT2D eigenvalue weighted by Gasteiger charge is 2.26. The normalized spacial score (nSPS) is 14.7. The number of anilines is 1. The number of aliphatic imine (C=N–C) groups is 1. The van der Waals surface area contributed by atoms with Gasteiger partial charge in [0.25, 0.3) is 21.8 Å². The van der Waals surface area contributed by atoms with Crippen LogP contribution in [0.2, 0.25) is 0 Å². The molecule has 0 unspecified atom stereocenters. The minimum absolute atomic E-state index is 0.0774. The average Bonchev–Trinajstić information content (AvgIpc) is 2.93. The van der Waals surface area contributed by atoms with Crippen LogP contribution in [0.4, 0.5) is 5.69 Å². The molecule has 1 aliphatic heterocycles. The van der Waals surface area contributed by atoms with Crippen LogP contribution in [0.1, 0.15) is 17.3 Å². The van der Waals surface area contributed by atoms with E-state index >= 15 is 0 Å². The first-order valence-corrected chi connectivity index (χ1v) is 13.2. The number of nitrogens with one attached hydrogen (secondary N) is 1. The zero-order chi connectivity index (χ0) is 26.4. The summed E-state index contributed by atoms with van der Waals surface area (Å²) in [6, 6.07) is 14.8. The Hall–Kier alpha value is -4.31. The van der Waals surface area contributed by atoms with Crippen molar-refractivity contribution in [1.29, 1.82) is 0 Å². The van der Waals surface area contributed by atoms with Crippen LogP contribution >= 0.6 is 0 Å². The van der Waals surface area contributed by atoms with Gasteiger partial charge in [-0.3, -0.25) is 24.3 Å². The van der Waals surface area contributed by atoms with Gasteiger partial charge in [0, 0.05) is 49.0 Å². The van der Waals surface area contributed by atoms with Crippen molar-refractivity contribution in [2.24, 2.45) is 4.99 Å². The number of sulfonamides is 1. The van der Waals surface area contributed by atoms with E-state index in [0.717, 1.165) is 5.39 Å². The molecule has 10 heteroatoms. The summed E-state index contributed by atoms with van der Waals surface area (Å²) in [5.41, 5.74) is 1.40. The van der Waals surface area contributed by atoms with Crippen molar-refractivity contribution in [3.05, 3.63) is 90.3 Å². The van der Waals surface area contributed by atoms with Crippen molar-refractivity contribution < 1.29 is 18.0 Å². The Bertz CT molecular complexity index is 1480.